The highest BCUT2D eigenvalue weighted by atomic mass is 19.1. The summed E-state index contributed by atoms with van der Waals surface area (Å²) < 4.78 is 26.4. The second kappa shape index (κ2) is 11.6. The van der Waals surface area contributed by atoms with Gasteiger partial charge in [0.25, 0.3) is 5.91 Å². The second-order valence-corrected chi connectivity index (χ2v) is 13.2. The summed E-state index contributed by atoms with van der Waals surface area (Å²) in [6, 6.07) is 4.38. The first-order valence-electron chi connectivity index (χ1n) is 15.1. The van der Waals surface area contributed by atoms with Gasteiger partial charge in [0, 0.05) is 30.5 Å². The number of nitrogens with one attached hydrogen (secondary N) is 2. The lowest BCUT2D eigenvalue weighted by atomic mass is 9.69. The van der Waals surface area contributed by atoms with Gasteiger partial charge < -0.3 is 20.1 Å². The maximum atomic E-state index is 15.1. The number of methoxy groups -OCH3 is 1. The molecular weight excluding hydrogens is 525 g/mol. The van der Waals surface area contributed by atoms with Crippen molar-refractivity contribution in [2.24, 2.45) is 28.6 Å². The monoisotopic (exact) mass is 567 g/mol. The number of halogens is 1. The van der Waals surface area contributed by atoms with E-state index in [4.69, 9.17) is 9.47 Å². The molecule has 4 aliphatic rings. The van der Waals surface area contributed by atoms with E-state index in [0.29, 0.717) is 32.2 Å². The van der Waals surface area contributed by atoms with E-state index in [-0.39, 0.29) is 70.5 Å². The molecule has 1 aromatic rings. The first-order valence-corrected chi connectivity index (χ1v) is 15.1. The Hall–Kier alpha value is -3.15. The van der Waals surface area contributed by atoms with Crippen molar-refractivity contribution in [3.05, 3.63) is 23.5 Å². The molecule has 2 bridgehead atoms. The number of ketones is 1. The van der Waals surface area contributed by atoms with Crippen molar-refractivity contribution in [3.8, 4) is 17.6 Å². The van der Waals surface area contributed by atoms with Gasteiger partial charge in [-0.2, -0.15) is 5.26 Å². The molecule has 0 heterocycles. The highest BCUT2D eigenvalue weighted by Crippen LogP contribution is 2.49. The minimum atomic E-state index is -0.669. The van der Waals surface area contributed by atoms with E-state index >= 15 is 4.39 Å². The summed E-state index contributed by atoms with van der Waals surface area (Å²) in [7, 11) is 1.39. The Morgan fingerprint density at radius 3 is 2.39 bits per heavy atom. The van der Waals surface area contributed by atoms with Crippen LogP contribution in [-0.4, -0.2) is 43.4 Å². The molecule has 9 heteroatoms. The molecular formula is C32H42FN3O5. The van der Waals surface area contributed by atoms with Crippen LogP contribution in [0, 0.1) is 45.7 Å². The average Bonchev–Trinajstić information content (AvgIpc) is 3.54. The summed E-state index contributed by atoms with van der Waals surface area (Å²) in [4.78, 5) is 39.2. The maximum Gasteiger partial charge on any atom is 0.255 e. The molecule has 0 saturated heterocycles. The normalized spacial score (nSPS) is 31.4. The van der Waals surface area contributed by atoms with Crippen molar-refractivity contribution in [2.45, 2.75) is 96.6 Å². The van der Waals surface area contributed by atoms with Crippen molar-refractivity contribution in [1.82, 2.24) is 10.6 Å². The fourth-order valence-corrected chi connectivity index (χ4v) is 7.70. The smallest absolute Gasteiger partial charge is 0.255 e. The van der Waals surface area contributed by atoms with Gasteiger partial charge >= 0.3 is 0 Å². The highest BCUT2D eigenvalue weighted by Gasteiger charge is 2.52. The van der Waals surface area contributed by atoms with Gasteiger partial charge in [-0.05, 0) is 88.0 Å². The number of amides is 2. The number of Topliss-reactive ketones (excluding diaryl/α,β-unsaturated/α-hetero) is 1. The first kappa shape index (κ1) is 29.3. The Bertz CT molecular complexity index is 1230. The Kier molecular flexibility index (Phi) is 8.31. The minimum Gasteiger partial charge on any atom is -0.496 e. The molecule has 8 nitrogen and oxygen atoms in total. The summed E-state index contributed by atoms with van der Waals surface area (Å²) in [5.74, 6) is -0.781. The SMILES string of the molecule is COc1cc(F)c(O[C@H]2CC[C@](CC#N)(C(C)=O)CC2)cc1C(=O)N[C@@H]1[C@H]2CC[C@H](C2)[C@@H]1C(=O)NCC1(C)CCC1. The summed E-state index contributed by atoms with van der Waals surface area (Å²) in [6.45, 7) is 4.39. The number of benzene rings is 1. The number of nitrogens with zero attached hydrogens (tertiary/aromatic N) is 1. The zero-order valence-electron chi connectivity index (χ0n) is 24.4. The van der Waals surface area contributed by atoms with Crippen LogP contribution in [-0.2, 0) is 9.59 Å². The largest absolute Gasteiger partial charge is 0.496 e. The van der Waals surface area contributed by atoms with Crippen molar-refractivity contribution < 1.29 is 28.2 Å². The van der Waals surface area contributed by atoms with Gasteiger partial charge in [-0.15, -0.1) is 0 Å². The number of hydrogen-bond donors (Lipinski definition) is 2. The summed E-state index contributed by atoms with van der Waals surface area (Å²) in [5.41, 5.74) is -0.339. The van der Waals surface area contributed by atoms with Crippen LogP contribution in [0.4, 0.5) is 4.39 Å². The van der Waals surface area contributed by atoms with Gasteiger partial charge in [-0.25, -0.2) is 4.39 Å². The third kappa shape index (κ3) is 5.80. The van der Waals surface area contributed by atoms with E-state index in [2.05, 4.69) is 23.6 Å². The van der Waals surface area contributed by atoms with Gasteiger partial charge in [-0.1, -0.05) is 13.3 Å². The molecule has 222 valence electrons. The third-order valence-corrected chi connectivity index (χ3v) is 10.6. The molecule has 0 unspecified atom stereocenters. The van der Waals surface area contributed by atoms with Gasteiger partial charge in [0.05, 0.1) is 30.8 Å². The Balaban J connectivity index is 1.28. The lowest BCUT2D eigenvalue weighted by Crippen LogP contribution is -2.51. The lowest BCUT2D eigenvalue weighted by Gasteiger charge is -2.39. The van der Waals surface area contributed by atoms with E-state index < -0.39 is 17.1 Å². The van der Waals surface area contributed by atoms with Gasteiger partial charge in [-0.3, -0.25) is 14.4 Å². The topological polar surface area (TPSA) is 118 Å². The number of ether oxygens (including phenoxy) is 2. The van der Waals surface area contributed by atoms with Crippen LogP contribution >= 0.6 is 0 Å². The molecule has 0 aromatic heterocycles. The van der Waals surface area contributed by atoms with Crippen molar-refractivity contribution >= 4 is 17.6 Å². The number of hydrogen-bond acceptors (Lipinski definition) is 6. The van der Waals surface area contributed by atoms with Gasteiger partial charge in [0.15, 0.2) is 11.6 Å². The highest BCUT2D eigenvalue weighted by molar-refractivity contribution is 5.98. The molecule has 4 atom stereocenters. The third-order valence-electron chi connectivity index (χ3n) is 10.6. The maximum absolute atomic E-state index is 15.1. The van der Waals surface area contributed by atoms with Crippen LogP contribution in [0.2, 0.25) is 0 Å². The predicted molar refractivity (Wildman–Crippen MR) is 150 cm³/mol. The van der Waals surface area contributed by atoms with Crippen LogP contribution in [0.3, 0.4) is 0 Å². The average molecular weight is 568 g/mol. The molecule has 0 aliphatic heterocycles. The molecule has 4 fully saturated rings. The van der Waals surface area contributed by atoms with Crippen LogP contribution in [0.15, 0.2) is 12.1 Å². The number of carbonyl (C=O) groups is 3. The number of carbonyl (C=O) groups excluding carboxylic acids is 3. The van der Waals surface area contributed by atoms with Crippen LogP contribution in [0.1, 0.15) is 94.8 Å². The molecule has 2 amide bonds. The standard InChI is InChI=1S/C32H42FN3O5/c1-19(37)32(13-14-34)11-7-22(8-12-32)41-26-16-23(25(40-3)17-24(26)33)29(38)36-28-21-6-5-20(15-21)27(28)30(39)35-18-31(2)9-4-10-31/h16-17,20-22,27-28H,4-13,15,18H2,1-3H3,(H,35,39)(H,36,38)/t20-,21+,22-,27+,28-,32-/m1/s1. The molecule has 0 radical (unpaired) electrons. The zero-order valence-corrected chi connectivity index (χ0v) is 24.4. The quantitative estimate of drug-likeness (QED) is 0.407. The fraction of sp³-hybridized carbons (Fsp3) is 0.688. The second-order valence-electron chi connectivity index (χ2n) is 13.2. The van der Waals surface area contributed by atoms with Crippen molar-refractivity contribution in [3.63, 3.8) is 0 Å². The van der Waals surface area contributed by atoms with E-state index in [0.717, 1.165) is 38.2 Å². The Labute approximate surface area is 241 Å². The zero-order chi connectivity index (χ0) is 29.4. The summed E-state index contributed by atoms with van der Waals surface area (Å²) >= 11 is 0. The van der Waals surface area contributed by atoms with E-state index in [1.54, 1.807) is 0 Å². The van der Waals surface area contributed by atoms with Crippen molar-refractivity contribution in [1.29, 1.82) is 5.26 Å². The van der Waals surface area contributed by atoms with E-state index in [1.165, 1.54) is 26.5 Å². The Morgan fingerprint density at radius 1 is 1.07 bits per heavy atom. The lowest BCUT2D eigenvalue weighted by molar-refractivity contribution is -0.129. The Morgan fingerprint density at radius 2 is 1.78 bits per heavy atom. The molecule has 5 rings (SSSR count). The first-order chi connectivity index (χ1) is 19.6. The fourth-order valence-electron chi connectivity index (χ4n) is 7.70. The van der Waals surface area contributed by atoms with Crippen molar-refractivity contribution in [2.75, 3.05) is 13.7 Å². The summed E-state index contributed by atoms with van der Waals surface area (Å²) in [6.07, 6.45) is 8.17. The van der Waals surface area contributed by atoms with E-state index in [1.807, 2.05) is 0 Å². The van der Waals surface area contributed by atoms with Gasteiger partial charge in [0.2, 0.25) is 5.91 Å². The molecule has 4 aliphatic carbocycles. The predicted octanol–water partition coefficient (Wildman–Crippen LogP) is 5.10. The molecule has 41 heavy (non-hydrogen) atoms. The molecule has 2 N–H and O–H groups in total. The van der Waals surface area contributed by atoms with Crippen LogP contribution < -0.4 is 20.1 Å². The number of nitriles is 1. The van der Waals surface area contributed by atoms with Crippen LogP contribution in [0.5, 0.6) is 11.5 Å². The number of fused-ring (bicyclic) bond motifs is 2. The van der Waals surface area contributed by atoms with Crippen LogP contribution in [0.25, 0.3) is 0 Å². The number of rotatable bonds is 10. The molecule has 1 aromatic carbocycles. The van der Waals surface area contributed by atoms with E-state index in [9.17, 15) is 19.6 Å². The summed E-state index contributed by atoms with van der Waals surface area (Å²) in [5, 5.41) is 15.5. The molecule has 4 saturated carbocycles. The minimum absolute atomic E-state index is 0.00285. The van der Waals surface area contributed by atoms with Gasteiger partial charge in [0.1, 0.15) is 11.5 Å². The molecule has 0 spiro atoms.